The second-order valence-electron chi connectivity index (χ2n) is 1.56. The van der Waals surface area contributed by atoms with Crippen molar-refractivity contribution in [2.45, 2.75) is 0 Å². The molecule has 0 radical (unpaired) electrons. The molecule has 4 nitrogen and oxygen atoms in total. The van der Waals surface area contributed by atoms with E-state index in [1.165, 1.54) is 11.8 Å². The van der Waals surface area contributed by atoms with Crippen LogP contribution in [0.15, 0.2) is 0 Å². The summed E-state index contributed by atoms with van der Waals surface area (Å²) < 4.78 is 0. The summed E-state index contributed by atoms with van der Waals surface area (Å²) in [6, 6.07) is 0. The fourth-order valence-electron chi connectivity index (χ4n) is 0.142. The van der Waals surface area contributed by atoms with Gasteiger partial charge in [-0.25, -0.2) is 0 Å². The zero-order valence-corrected chi connectivity index (χ0v) is 7.84. The minimum absolute atomic E-state index is 0.0201. The van der Waals surface area contributed by atoms with Crippen LogP contribution in [-0.2, 0) is 4.79 Å². The molecule has 5 N–H and O–H groups in total. The van der Waals surface area contributed by atoms with E-state index in [2.05, 4.69) is 0 Å². The highest BCUT2D eigenvalue weighted by Gasteiger charge is 1.84. The number of rotatable bonds is 3. The Morgan fingerprint density at radius 2 is 2.00 bits per heavy atom. The monoisotopic (exact) mass is 197 g/mol. The molecule has 0 aromatic rings. The van der Waals surface area contributed by atoms with Crippen LogP contribution in [0.4, 0.5) is 0 Å². The van der Waals surface area contributed by atoms with Crippen LogP contribution in [0.2, 0.25) is 0 Å². The highest BCUT2D eigenvalue weighted by atomic mass is 35.5. The van der Waals surface area contributed by atoms with Crippen molar-refractivity contribution in [1.82, 2.24) is 0 Å². The Balaban J connectivity index is 0. The van der Waals surface area contributed by atoms with Crippen molar-refractivity contribution in [2.24, 2.45) is 11.5 Å². The standard InChI is InChI=1S/C3H7NOS.C2H5ClN2/c1-6-2-3(4)5;3-1-2(4)5/h2H2,1H3,(H2,4,5);1H2,(H3,4,5). The molecule has 0 aliphatic heterocycles. The Labute approximate surface area is 75.2 Å². The molecule has 0 aromatic carbocycles. The van der Waals surface area contributed by atoms with Gasteiger partial charge in [0.25, 0.3) is 0 Å². The summed E-state index contributed by atoms with van der Waals surface area (Å²) in [6.45, 7) is 0. The summed E-state index contributed by atoms with van der Waals surface area (Å²) in [5, 5.41) is 6.39. The van der Waals surface area contributed by atoms with Gasteiger partial charge in [-0.1, -0.05) is 0 Å². The topological polar surface area (TPSA) is 93.0 Å². The predicted molar refractivity (Wildman–Crippen MR) is 50.2 cm³/mol. The SMILES string of the molecule is CSCC(N)=O.N=C(N)CCl. The molecule has 0 saturated carbocycles. The van der Waals surface area contributed by atoms with Crippen LogP contribution in [-0.4, -0.2) is 29.6 Å². The van der Waals surface area contributed by atoms with Gasteiger partial charge in [0.1, 0.15) is 5.84 Å². The molecule has 0 atom stereocenters. The molecule has 0 saturated heterocycles. The summed E-state index contributed by atoms with van der Waals surface area (Å²) in [7, 11) is 0. The Morgan fingerprint density at radius 3 is 2.00 bits per heavy atom. The van der Waals surface area contributed by atoms with Gasteiger partial charge in [0, 0.05) is 0 Å². The molecule has 66 valence electrons. The van der Waals surface area contributed by atoms with Crippen LogP contribution in [0.5, 0.6) is 0 Å². The van der Waals surface area contributed by atoms with Gasteiger partial charge in [-0.05, 0) is 6.26 Å². The maximum Gasteiger partial charge on any atom is 0.227 e. The van der Waals surface area contributed by atoms with Gasteiger partial charge >= 0.3 is 0 Å². The molecule has 0 heterocycles. The lowest BCUT2D eigenvalue weighted by atomic mass is 10.7. The van der Waals surface area contributed by atoms with E-state index in [0.29, 0.717) is 5.75 Å². The second kappa shape index (κ2) is 9.58. The molecular formula is C5H12ClN3OS. The summed E-state index contributed by atoms with van der Waals surface area (Å²) in [6.07, 6.45) is 1.84. The first-order chi connectivity index (χ1) is 5.04. The number of amidine groups is 1. The number of carbonyl (C=O) groups excluding carboxylic acids is 1. The number of hydrogen-bond acceptors (Lipinski definition) is 3. The second-order valence-corrected chi connectivity index (χ2v) is 2.69. The van der Waals surface area contributed by atoms with Crippen molar-refractivity contribution in [3.05, 3.63) is 0 Å². The van der Waals surface area contributed by atoms with E-state index in [9.17, 15) is 4.79 Å². The van der Waals surface area contributed by atoms with Crippen molar-refractivity contribution in [2.75, 3.05) is 17.9 Å². The van der Waals surface area contributed by atoms with Gasteiger partial charge in [-0.15, -0.1) is 11.6 Å². The molecule has 0 unspecified atom stereocenters. The summed E-state index contributed by atoms with van der Waals surface area (Å²) in [5.74, 6) is 0.342. The van der Waals surface area contributed by atoms with Gasteiger partial charge in [0.2, 0.25) is 5.91 Å². The Kier molecular flexibility index (Phi) is 11.5. The third-order valence-electron chi connectivity index (χ3n) is 0.431. The van der Waals surface area contributed by atoms with Crippen LogP contribution in [0.25, 0.3) is 0 Å². The average Bonchev–Trinajstić information content (AvgIpc) is 1.89. The highest BCUT2D eigenvalue weighted by Crippen LogP contribution is 1.85. The van der Waals surface area contributed by atoms with Crippen molar-refractivity contribution in [3.63, 3.8) is 0 Å². The predicted octanol–water partition coefficient (Wildman–Crippen LogP) is -0.00413. The third-order valence-corrected chi connectivity index (χ3v) is 1.29. The summed E-state index contributed by atoms with van der Waals surface area (Å²) in [5.41, 5.74) is 9.49. The highest BCUT2D eigenvalue weighted by molar-refractivity contribution is 7.99. The minimum atomic E-state index is -0.248. The number of carbonyl (C=O) groups is 1. The van der Waals surface area contributed by atoms with E-state index in [1.807, 2.05) is 6.26 Å². The molecule has 0 bridgehead atoms. The molecule has 0 aromatic heterocycles. The first-order valence-electron chi connectivity index (χ1n) is 2.70. The van der Waals surface area contributed by atoms with Crippen molar-refractivity contribution in [3.8, 4) is 0 Å². The van der Waals surface area contributed by atoms with Crippen molar-refractivity contribution < 1.29 is 4.79 Å². The number of thioether (sulfide) groups is 1. The molecule has 6 heteroatoms. The molecule has 0 spiro atoms. The maximum absolute atomic E-state index is 9.80. The average molecular weight is 198 g/mol. The fourth-order valence-corrected chi connectivity index (χ4v) is 0.427. The quantitative estimate of drug-likeness (QED) is 0.338. The van der Waals surface area contributed by atoms with E-state index in [-0.39, 0.29) is 17.6 Å². The van der Waals surface area contributed by atoms with Crippen LogP contribution >= 0.6 is 23.4 Å². The number of alkyl halides is 1. The minimum Gasteiger partial charge on any atom is -0.387 e. The van der Waals surface area contributed by atoms with E-state index in [4.69, 9.17) is 28.5 Å². The number of halogens is 1. The number of hydrogen-bond donors (Lipinski definition) is 3. The molecule has 11 heavy (non-hydrogen) atoms. The Hall–Kier alpha value is -0.420. The number of primary amides is 1. The van der Waals surface area contributed by atoms with E-state index in [1.54, 1.807) is 0 Å². The van der Waals surface area contributed by atoms with Gasteiger partial charge in [-0.3, -0.25) is 10.2 Å². The normalized spacial score (nSPS) is 7.82. The Bertz CT molecular complexity index is 131. The van der Waals surface area contributed by atoms with E-state index in [0.717, 1.165) is 0 Å². The van der Waals surface area contributed by atoms with Crippen LogP contribution in [0.3, 0.4) is 0 Å². The van der Waals surface area contributed by atoms with Crippen molar-refractivity contribution in [1.29, 1.82) is 5.41 Å². The van der Waals surface area contributed by atoms with Crippen LogP contribution in [0.1, 0.15) is 0 Å². The van der Waals surface area contributed by atoms with Gasteiger partial charge < -0.3 is 11.5 Å². The maximum atomic E-state index is 9.80. The smallest absolute Gasteiger partial charge is 0.227 e. The zero-order chi connectivity index (χ0) is 9.28. The molecule has 0 aliphatic rings. The molecule has 0 rings (SSSR count). The molecule has 0 fully saturated rings. The number of nitrogens with two attached hydrogens (primary N) is 2. The number of amides is 1. The summed E-state index contributed by atoms with van der Waals surface area (Å²) >= 11 is 6.42. The fraction of sp³-hybridized carbons (Fsp3) is 0.600. The molecular weight excluding hydrogens is 186 g/mol. The van der Waals surface area contributed by atoms with Gasteiger partial charge in [0.05, 0.1) is 11.6 Å². The van der Waals surface area contributed by atoms with E-state index >= 15 is 0 Å². The lowest BCUT2D eigenvalue weighted by molar-refractivity contribution is -0.115. The first-order valence-corrected chi connectivity index (χ1v) is 4.63. The third kappa shape index (κ3) is 26.2. The molecule has 1 amide bonds. The molecule has 0 aliphatic carbocycles. The van der Waals surface area contributed by atoms with Gasteiger partial charge in [0.15, 0.2) is 0 Å². The lowest BCUT2D eigenvalue weighted by Crippen LogP contribution is -2.12. The van der Waals surface area contributed by atoms with Gasteiger partial charge in [-0.2, -0.15) is 11.8 Å². The zero-order valence-electron chi connectivity index (χ0n) is 6.26. The summed E-state index contributed by atoms with van der Waals surface area (Å²) in [4.78, 5) is 9.80. The van der Waals surface area contributed by atoms with Crippen LogP contribution in [0, 0.1) is 5.41 Å². The van der Waals surface area contributed by atoms with Crippen LogP contribution < -0.4 is 11.5 Å². The van der Waals surface area contributed by atoms with Crippen molar-refractivity contribution >= 4 is 35.1 Å². The van der Waals surface area contributed by atoms with E-state index < -0.39 is 0 Å². The Morgan fingerprint density at radius 1 is 1.64 bits per heavy atom. The largest absolute Gasteiger partial charge is 0.387 e. The number of nitrogens with one attached hydrogen (secondary N) is 1. The lowest BCUT2D eigenvalue weighted by Gasteiger charge is -1.81. The first kappa shape index (κ1) is 13.2.